The molecule has 8 nitrogen and oxygen atoms in total. The highest BCUT2D eigenvalue weighted by molar-refractivity contribution is 7.99. The van der Waals surface area contributed by atoms with E-state index in [1.165, 1.54) is 11.8 Å². The summed E-state index contributed by atoms with van der Waals surface area (Å²) in [7, 11) is 0. The van der Waals surface area contributed by atoms with E-state index in [1.807, 2.05) is 72.8 Å². The monoisotopic (exact) mass is 646 g/mol. The Balaban J connectivity index is 1.21. The Hall–Kier alpha value is -4.80. The molecule has 1 aliphatic heterocycles. The van der Waals surface area contributed by atoms with Crippen molar-refractivity contribution in [1.29, 1.82) is 0 Å². The topological polar surface area (TPSA) is 118 Å². The SMILES string of the molecule is O=C(NCc1cccc(-c2cccc(C3OC(CSc4ccccc4C(=O)O)CC(c4ccc(CO)cc4)O3)c2)c1)c1cccnc1. The van der Waals surface area contributed by atoms with Crippen molar-refractivity contribution < 1.29 is 29.3 Å². The number of hydrogen-bond acceptors (Lipinski definition) is 7. The van der Waals surface area contributed by atoms with E-state index in [0.717, 1.165) is 33.4 Å². The van der Waals surface area contributed by atoms with Crippen LogP contribution in [0.5, 0.6) is 0 Å². The summed E-state index contributed by atoms with van der Waals surface area (Å²) in [6.07, 6.45) is 2.61. The van der Waals surface area contributed by atoms with Crippen LogP contribution < -0.4 is 5.32 Å². The first-order valence-electron chi connectivity index (χ1n) is 15.3. The predicted octanol–water partition coefficient (Wildman–Crippen LogP) is 7.21. The fourth-order valence-corrected chi connectivity index (χ4v) is 6.55. The molecule has 1 amide bonds. The molecule has 9 heteroatoms. The zero-order valence-corrected chi connectivity index (χ0v) is 26.3. The number of pyridine rings is 1. The molecule has 47 heavy (non-hydrogen) atoms. The third kappa shape index (κ3) is 8.14. The molecule has 0 aliphatic carbocycles. The molecule has 1 fully saturated rings. The first-order valence-corrected chi connectivity index (χ1v) is 16.3. The van der Waals surface area contributed by atoms with Gasteiger partial charge in [-0.05, 0) is 64.2 Å². The molecule has 2 heterocycles. The van der Waals surface area contributed by atoms with Gasteiger partial charge in [0.2, 0.25) is 0 Å². The maximum absolute atomic E-state index is 12.5. The molecule has 3 unspecified atom stereocenters. The van der Waals surface area contributed by atoms with Gasteiger partial charge in [-0.15, -0.1) is 11.8 Å². The van der Waals surface area contributed by atoms with Crippen LogP contribution in [0.2, 0.25) is 0 Å². The van der Waals surface area contributed by atoms with Crippen LogP contribution in [-0.2, 0) is 22.6 Å². The fourth-order valence-electron chi connectivity index (χ4n) is 5.48. The molecule has 6 rings (SSSR count). The van der Waals surface area contributed by atoms with Crippen molar-refractivity contribution in [3.8, 4) is 11.1 Å². The molecule has 0 saturated carbocycles. The lowest BCUT2D eigenvalue weighted by molar-refractivity contribution is -0.245. The zero-order chi connectivity index (χ0) is 32.6. The number of amides is 1. The van der Waals surface area contributed by atoms with Gasteiger partial charge in [-0.3, -0.25) is 9.78 Å². The van der Waals surface area contributed by atoms with Gasteiger partial charge >= 0.3 is 5.97 Å². The van der Waals surface area contributed by atoms with Gasteiger partial charge in [0.25, 0.3) is 5.91 Å². The minimum atomic E-state index is -0.961. The summed E-state index contributed by atoms with van der Waals surface area (Å²) >= 11 is 1.46. The van der Waals surface area contributed by atoms with Crippen LogP contribution in [0.25, 0.3) is 11.1 Å². The first-order chi connectivity index (χ1) is 23.0. The average molecular weight is 647 g/mol. The lowest BCUT2D eigenvalue weighted by Crippen LogP contribution is -2.31. The number of aromatic carboxylic acids is 1. The van der Waals surface area contributed by atoms with Crippen LogP contribution in [0, 0.1) is 0 Å². The molecule has 3 atom stereocenters. The van der Waals surface area contributed by atoms with E-state index in [1.54, 1.807) is 36.7 Å². The summed E-state index contributed by atoms with van der Waals surface area (Å²) in [5, 5.41) is 22.2. The minimum absolute atomic E-state index is 0.0370. The average Bonchev–Trinajstić information content (AvgIpc) is 3.13. The second-order valence-corrected chi connectivity index (χ2v) is 12.3. The molecule has 3 N–H and O–H groups in total. The Morgan fingerprint density at radius 1 is 0.830 bits per heavy atom. The number of aromatic nitrogens is 1. The quantitative estimate of drug-likeness (QED) is 0.129. The third-order valence-electron chi connectivity index (χ3n) is 7.95. The largest absolute Gasteiger partial charge is 0.478 e. The predicted molar refractivity (Wildman–Crippen MR) is 180 cm³/mol. The maximum atomic E-state index is 12.5. The number of benzene rings is 4. The van der Waals surface area contributed by atoms with Crippen molar-refractivity contribution in [3.63, 3.8) is 0 Å². The van der Waals surface area contributed by atoms with E-state index >= 15 is 0 Å². The van der Waals surface area contributed by atoms with Gasteiger partial charge < -0.3 is 25.0 Å². The highest BCUT2D eigenvalue weighted by Crippen LogP contribution is 2.40. The van der Waals surface area contributed by atoms with Crippen LogP contribution in [0.1, 0.15) is 61.8 Å². The van der Waals surface area contributed by atoms with Crippen LogP contribution in [0.15, 0.2) is 126 Å². The van der Waals surface area contributed by atoms with Gasteiger partial charge in [-0.1, -0.05) is 72.8 Å². The van der Waals surface area contributed by atoms with Gasteiger partial charge in [0.1, 0.15) is 0 Å². The molecule has 5 aromatic rings. The van der Waals surface area contributed by atoms with Crippen molar-refractivity contribution in [2.45, 2.75) is 43.0 Å². The van der Waals surface area contributed by atoms with E-state index in [9.17, 15) is 19.8 Å². The fraction of sp³-hybridized carbons (Fsp3) is 0.184. The van der Waals surface area contributed by atoms with Crippen LogP contribution in [-0.4, -0.2) is 38.9 Å². The van der Waals surface area contributed by atoms with Crippen molar-refractivity contribution in [2.75, 3.05) is 5.75 Å². The molecule has 1 saturated heterocycles. The highest BCUT2D eigenvalue weighted by atomic mass is 32.2. The molecule has 238 valence electrons. The first kappa shape index (κ1) is 32.2. The van der Waals surface area contributed by atoms with Gasteiger partial charge in [-0.2, -0.15) is 0 Å². The number of hydrogen-bond donors (Lipinski definition) is 3. The van der Waals surface area contributed by atoms with Crippen LogP contribution in [0.3, 0.4) is 0 Å². The third-order valence-corrected chi connectivity index (χ3v) is 9.16. The van der Waals surface area contributed by atoms with E-state index in [-0.39, 0.29) is 30.3 Å². The lowest BCUT2D eigenvalue weighted by Gasteiger charge is -2.36. The van der Waals surface area contributed by atoms with Crippen LogP contribution in [0.4, 0.5) is 0 Å². The number of nitrogens with zero attached hydrogens (tertiary/aromatic N) is 1. The number of nitrogens with one attached hydrogen (secondary N) is 1. The molecule has 1 aromatic heterocycles. The Morgan fingerprint density at radius 2 is 1.62 bits per heavy atom. The number of carbonyl (C=O) groups is 2. The molecular formula is C38H34N2O6S. The Kier molecular flexibility index (Phi) is 10.4. The minimum Gasteiger partial charge on any atom is -0.478 e. The highest BCUT2D eigenvalue weighted by Gasteiger charge is 2.32. The standard InChI is InChI=1S/C38H34N2O6S/c41-23-25-13-15-27(16-14-25)34-20-32(24-47-35-12-2-1-11-33(35)37(43)44)45-38(46-34)30-9-4-8-29(19-30)28-7-3-6-26(18-28)21-40-36(42)31-10-5-17-39-22-31/h1-19,22,32,34,38,41H,20-21,23-24H2,(H,40,42)(H,43,44). The Bertz CT molecular complexity index is 1830. The summed E-state index contributed by atoms with van der Waals surface area (Å²) in [6.45, 7) is 0.335. The number of carbonyl (C=O) groups excluding carboxylic acids is 1. The number of carboxylic acid groups (broad SMARTS) is 1. The van der Waals surface area contributed by atoms with E-state index < -0.39 is 12.3 Å². The van der Waals surface area contributed by atoms with Gasteiger partial charge in [0.15, 0.2) is 6.29 Å². The van der Waals surface area contributed by atoms with Gasteiger partial charge in [0, 0.05) is 41.6 Å². The van der Waals surface area contributed by atoms with Crippen molar-refractivity contribution in [1.82, 2.24) is 10.3 Å². The van der Waals surface area contributed by atoms with Crippen molar-refractivity contribution >= 4 is 23.6 Å². The smallest absolute Gasteiger partial charge is 0.336 e. The van der Waals surface area contributed by atoms with Gasteiger partial charge in [0.05, 0.1) is 29.9 Å². The van der Waals surface area contributed by atoms with Crippen LogP contribution >= 0.6 is 11.8 Å². The molecular weight excluding hydrogens is 612 g/mol. The molecule has 0 bridgehead atoms. The number of ether oxygens (including phenoxy) is 2. The molecule has 4 aromatic carbocycles. The summed E-state index contributed by atoms with van der Waals surface area (Å²) < 4.78 is 13.1. The van der Waals surface area contributed by atoms with Crippen molar-refractivity contribution in [2.24, 2.45) is 0 Å². The second-order valence-electron chi connectivity index (χ2n) is 11.2. The normalized spacial score (nSPS) is 17.6. The summed E-state index contributed by atoms with van der Waals surface area (Å²) in [4.78, 5) is 29.0. The molecule has 1 aliphatic rings. The summed E-state index contributed by atoms with van der Waals surface area (Å²) in [6, 6.07) is 34.2. The Morgan fingerprint density at radius 3 is 2.38 bits per heavy atom. The summed E-state index contributed by atoms with van der Waals surface area (Å²) in [5.74, 6) is -0.601. The maximum Gasteiger partial charge on any atom is 0.336 e. The number of carboxylic acids is 1. The van der Waals surface area contributed by atoms with E-state index in [0.29, 0.717) is 29.2 Å². The number of thioether (sulfide) groups is 1. The zero-order valence-electron chi connectivity index (χ0n) is 25.5. The molecule has 0 spiro atoms. The molecule has 0 radical (unpaired) electrons. The van der Waals surface area contributed by atoms with E-state index in [2.05, 4.69) is 22.4 Å². The van der Waals surface area contributed by atoms with Gasteiger partial charge in [-0.25, -0.2) is 4.79 Å². The van der Waals surface area contributed by atoms with Crippen molar-refractivity contribution in [3.05, 3.63) is 155 Å². The number of aliphatic hydroxyl groups excluding tert-OH is 1. The number of rotatable bonds is 11. The van der Waals surface area contributed by atoms with E-state index in [4.69, 9.17) is 9.47 Å². The Labute approximate surface area is 277 Å². The lowest BCUT2D eigenvalue weighted by atomic mass is 9.99. The second kappa shape index (κ2) is 15.2. The summed E-state index contributed by atoms with van der Waals surface area (Å²) in [5.41, 5.74) is 6.36. The number of aliphatic hydroxyl groups is 1.